The molecule has 0 bridgehead atoms. The highest BCUT2D eigenvalue weighted by atomic mass is 32.2. The van der Waals surface area contributed by atoms with Crippen LogP contribution < -0.4 is 0 Å². The van der Waals surface area contributed by atoms with Crippen LogP contribution in [0, 0.1) is 0 Å². The monoisotopic (exact) mass is 262 g/mol. The molecule has 16 heavy (non-hydrogen) atoms. The van der Waals surface area contributed by atoms with Crippen molar-refractivity contribution in [3.8, 4) is 0 Å². The molecule has 0 aromatic rings. The van der Waals surface area contributed by atoms with Gasteiger partial charge >= 0.3 is 0 Å². The van der Waals surface area contributed by atoms with E-state index in [0.717, 1.165) is 0 Å². The Morgan fingerprint density at radius 2 is 2.25 bits per heavy atom. The lowest BCUT2D eigenvalue weighted by Crippen LogP contribution is -2.34. The molecule has 0 aliphatic carbocycles. The van der Waals surface area contributed by atoms with E-state index in [0.29, 0.717) is 11.6 Å². The number of carbonyl (C=O) groups excluding carboxylic acids is 1. The molecule has 0 unspecified atom stereocenters. The first kappa shape index (κ1) is 11.9. The number of nitrogens with zero attached hydrogens (tertiary/aromatic N) is 2. The van der Waals surface area contributed by atoms with Gasteiger partial charge in [-0.25, -0.2) is 8.42 Å². The molecule has 2 aliphatic heterocycles. The van der Waals surface area contributed by atoms with Crippen molar-refractivity contribution < 1.29 is 13.2 Å². The number of hydrogen-bond donors (Lipinski definition) is 0. The number of hydrogen-bond acceptors (Lipinski definition) is 4. The molecule has 0 N–H and O–H groups in total. The van der Waals surface area contributed by atoms with Gasteiger partial charge in [0.15, 0.2) is 15.0 Å². The van der Waals surface area contributed by atoms with Crippen molar-refractivity contribution in [3.63, 3.8) is 0 Å². The van der Waals surface area contributed by atoms with E-state index in [-0.39, 0.29) is 28.7 Å². The first-order valence-electron chi connectivity index (χ1n) is 5.14. The van der Waals surface area contributed by atoms with E-state index in [1.807, 2.05) is 4.90 Å². The lowest BCUT2D eigenvalue weighted by Gasteiger charge is -2.17. The number of aliphatic imine (C=N–C) groups is 1. The third-order valence-corrected chi connectivity index (χ3v) is 6.15. The van der Waals surface area contributed by atoms with E-state index in [4.69, 9.17) is 0 Å². The SMILES string of the molecule is CCC(=O)N=C1S[C@H]2CS(=O)(=O)C[C@@H]2N1C. The Morgan fingerprint density at radius 3 is 2.81 bits per heavy atom. The van der Waals surface area contributed by atoms with Crippen LogP contribution in [-0.4, -0.2) is 54.2 Å². The van der Waals surface area contributed by atoms with E-state index >= 15 is 0 Å². The molecule has 0 aromatic heterocycles. The summed E-state index contributed by atoms with van der Waals surface area (Å²) in [6.07, 6.45) is 0.380. The largest absolute Gasteiger partial charge is 0.349 e. The minimum absolute atomic E-state index is 0.0154. The Bertz CT molecular complexity index is 444. The third-order valence-electron chi connectivity index (χ3n) is 2.85. The van der Waals surface area contributed by atoms with E-state index < -0.39 is 9.84 Å². The molecule has 7 heteroatoms. The Morgan fingerprint density at radius 1 is 1.56 bits per heavy atom. The summed E-state index contributed by atoms with van der Waals surface area (Å²) in [4.78, 5) is 17.0. The molecule has 90 valence electrons. The Kier molecular flexibility index (Phi) is 3.00. The average molecular weight is 262 g/mol. The van der Waals surface area contributed by atoms with Crippen molar-refractivity contribution in [2.24, 2.45) is 4.99 Å². The smallest absolute Gasteiger partial charge is 0.247 e. The standard InChI is InChI=1S/C9H14N2O3S2/c1-3-8(12)10-9-11(2)6-4-16(13,14)5-7(6)15-9/h6-7H,3-5H2,1-2H3/t6-,7-/m0/s1. The lowest BCUT2D eigenvalue weighted by molar-refractivity contribution is -0.117. The topological polar surface area (TPSA) is 66.8 Å². The van der Waals surface area contributed by atoms with Crippen LogP contribution in [0.25, 0.3) is 0 Å². The number of thioether (sulfide) groups is 1. The van der Waals surface area contributed by atoms with Gasteiger partial charge in [-0.2, -0.15) is 4.99 Å². The molecule has 5 nitrogen and oxygen atoms in total. The summed E-state index contributed by atoms with van der Waals surface area (Å²) in [6, 6.07) is -0.0154. The van der Waals surface area contributed by atoms with Crippen LogP contribution in [0.2, 0.25) is 0 Å². The molecule has 2 heterocycles. The van der Waals surface area contributed by atoms with Crippen molar-refractivity contribution in [2.75, 3.05) is 18.6 Å². The summed E-state index contributed by atoms with van der Waals surface area (Å²) in [7, 11) is -1.09. The quantitative estimate of drug-likeness (QED) is 0.671. The second-order valence-corrected chi connectivity index (χ2v) is 7.41. The fourth-order valence-corrected chi connectivity index (χ4v) is 5.94. The zero-order valence-corrected chi connectivity index (χ0v) is 10.8. The van der Waals surface area contributed by atoms with Crippen molar-refractivity contribution >= 4 is 32.7 Å². The Hall–Kier alpha value is -0.560. The van der Waals surface area contributed by atoms with Crippen LogP contribution in [0.5, 0.6) is 0 Å². The summed E-state index contributed by atoms with van der Waals surface area (Å²) < 4.78 is 22.9. The van der Waals surface area contributed by atoms with Crippen molar-refractivity contribution in [2.45, 2.75) is 24.6 Å². The zero-order valence-electron chi connectivity index (χ0n) is 9.21. The highest BCUT2D eigenvalue weighted by Gasteiger charge is 2.47. The van der Waals surface area contributed by atoms with Crippen LogP contribution in [0.3, 0.4) is 0 Å². The molecule has 0 radical (unpaired) electrons. The maximum absolute atomic E-state index is 11.4. The zero-order chi connectivity index (χ0) is 11.9. The maximum atomic E-state index is 11.4. The number of fused-ring (bicyclic) bond motifs is 1. The highest BCUT2D eigenvalue weighted by molar-refractivity contribution is 8.15. The lowest BCUT2D eigenvalue weighted by atomic mass is 10.2. The van der Waals surface area contributed by atoms with Crippen LogP contribution in [-0.2, 0) is 14.6 Å². The molecule has 2 aliphatic rings. The van der Waals surface area contributed by atoms with Gasteiger partial charge in [-0.05, 0) is 0 Å². The van der Waals surface area contributed by atoms with E-state index in [1.165, 1.54) is 11.8 Å². The van der Waals surface area contributed by atoms with Gasteiger partial charge in [0.2, 0.25) is 5.91 Å². The second-order valence-electron chi connectivity index (χ2n) is 4.05. The normalized spacial score (nSPS) is 34.4. The van der Waals surface area contributed by atoms with Crippen LogP contribution in [0.1, 0.15) is 13.3 Å². The summed E-state index contributed by atoms with van der Waals surface area (Å²) in [5.74, 6) is 0.226. The number of rotatable bonds is 1. The summed E-state index contributed by atoms with van der Waals surface area (Å²) >= 11 is 1.41. The minimum atomic E-state index is -2.90. The molecule has 2 atom stereocenters. The number of amidine groups is 1. The Labute approximate surface area is 99.2 Å². The average Bonchev–Trinajstić information content (AvgIpc) is 2.63. The van der Waals surface area contributed by atoms with Gasteiger partial charge in [-0.15, -0.1) is 0 Å². The van der Waals surface area contributed by atoms with Gasteiger partial charge in [0.1, 0.15) is 0 Å². The maximum Gasteiger partial charge on any atom is 0.247 e. The van der Waals surface area contributed by atoms with E-state index in [9.17, 15) is 13.2 Å². The summed E-state index contributed by atoms with van der Waals surface area (Å²) in [5, 5.41) is 0.704. The molecule has 2 rings (SSSR count). The molecule has 2 saturated heterocycles. The molecule has 0 aromatic carbocycles. The predicted molar refractivity (Wildman–Crippen MR) is 64.3 cm³/mol. The van der Waals surface area contributed by atoms with E-state index in [2.05, 4.69) is 4.99 Å². The second kappa shape index (κ2) is 4.03. The van der Waals surface area contributed by atoms with Crippen molar-refractivity contribution in [1.82, 2.24) is 4.90 Å². The van der Waals surface area contributed by atoms with Gasteiger partial charge in [-0.3, -0.25) is 4.79 Å². The van der Waals surface area contributed by atoms with Crippen LogP contribution >= 0.6 is 11.8 Å². The van der Waals surface area contributed by atoms with Gasteiger partial charge in [-0.1, -0.05) is 18.7 Å². The molecular weight excluding hydrogens is 248 g/mol. The first-order chi connectivity index (χ1) is 7.43. The molecule has 0 spiro atoms. The third kappa shape index (κ3) is 2.10. The minimum Gasteiger partial charge on any atom is -0.349 e. The fraction of sp³-hybridized carbons (Fsp3) is 0.778. The van der Waals surface area contributed by atoms with E-state index in [1.54, 1.807) is 14.0 Å². The first-order valence-corrected chi connectivity index (χ1v) is 7.84. The van der Waals surface area contributed by atoms with Gasteiger partial charge in [0, 0.05) is 18.7 Å². The molecule has 0 saturated carbocycles. The Balaban J connectivity index is 2.17. The number of carbonyl (C=O) groups is 1. The number of amides is 1. The fourth-order valence-electron chi connectivity index (χ4n) is 1.92. The summed E-state index contributed by atoms with van der Waals surface area (Å²) in [5.41, 5.74) is 0. The van der Waals surface area contributed by atoms with Crippen LogP contribution in [0.15, 0.2) is 4.99 Å². The van der Waals surface area contributed by atoms with Crippen molar-refractivity contribution in [1.29, 1.82) is 0 Å². The summed E-state index contributed by atoms with van der Waals surface area (Å²) in [6.45, 7) is 1.76. The predicted octanol–water partition coefficient (Wildman–Crippen LogP) is 0.123. The number of sulfone groups is 1. The highest BCUT2D eigenvalue weighted by Crippen LogP contribution is 2.36. The molecular formula is C9H14N2O3S2. The van der Waals surface area contributed by atoms with Crippen LogP contribution in [0.4, 0.5) is 0 Å². The van der Waals surface area contributed by atoms with Gasteiger partial charge < -0.3 is 4.90 Å². The van der Waals surface area contributed by atoms with Crippen molar-refractivity contribution in [3.05, 3.63) is 0 Å². The van der Waals surface area contributed by atoms with Gasteiger partial charge in [0.25, 0.3) is 0 Å². The van der Waals surface area contributed by atoms with Gasteiger partial charge in [0.05, 0.1) is 17.5 Å². The molecule has 1 amide bonds. The molecule has 2 fully saturated rings.